The van der Waals surface area contributed by atoms with Crippen molar-refractivity contribution in [3.8, 4) is 16.9 Å². The zero-order chi connectivity index (χ0) is 14.7. The third-order valence-electron chi connectivity index (χ3n) is 4.11. The number of halogens is 1. The normalized spacial score (nSPS) is 12.7. The average molecular weight is 284 g/mol. The van der Waals surface area contributed by atoms with Crippen molar-refractivity contribution in [3.63, 3.8) is 0 Å². The minimum absolute atomic E-state index is 0.145. The van der Waals surface area contributed by atoms with Gasteiger partial charge in [0.15, 0.2) is 0 Å². The van der Waals surface area contributed by atoms with Crippen LogP contribution in [0.15, 0.2) is 36.4 Å². The quantitative estimate of drug-likeness (QED) is 0.689. The summed E-state index contributed by atoms with van der Waals surface area (Å²) in [6.07, 6.45) is 5.39. The standard InChI is InChI=1S/C19H21FO/c1-2-3-4-11-21-17-8-10-19-15(13-17)6-5-14-12-16(20)7-9-18(14)19/h7-10,12-13H,2-6,11H2,1H3. The molecule has 0 spiro atoms. The Bertz CT molecular complexity index is 633. The molecule has 0 atom stereocenters. The molecule has 0 radical (unpaired) electrons. The van der Waals surface area contributed by atoms with Crippen molar-refractivity contribution >= 4 is 0 Å². The summed E-state index contributed by atoms with van der Waals surface area (Å²) in [6, 6.07) is 11.4. The molecule has 21 heavy (non-hydrogen) atoms. The summed E-state index contributed by atoms with van der Waals surface area (Å²) in [5.41, 5.74) is 4.80. The van der Waals surface area contributed by atoms with Crippen LogP contribution in [-0.2, 0) is 12.8 Å². The first-order valence-electron chi connectivity index (χ1n) is 7.82. The molecular formula is C19H21FO. The van der Waals surface area contributed by atoms with Crippen LogP contribution in [0, 0.1) is 5.82 Å². The number of fused-ring (bicyclic) bond motifs is 3. The van der Waals surface area contributed by atoms with Gasteiger partial charge in [-0.05, 0) is 65.8 Å². The summed E-state index contributed by atoms with van der Waals surface area (Å²) in [6.45, 7) is 2.98. The lowest BCUT2D eigenvalue weighted by Gasteiger charge is -2.20. The highest BCUT2D eigenvalue weighted by Crippen LogP contribution is 2.35. The van der Waals surface area contributed by atoms with Crippen LogP contribution in [0.25, 0.3) is 11.1 Å². The molecule has 110 valence electrons. The zero-order valence-corrected chi connectivity index (χ0v) is 12.5. The van der Waals surface area contributed by atoms with Gasteiger partial charge in [-0.2, -0.15) is 0 Å². The number of unbranched alkanes of at least 4 members (excludes halogenated alkanes) is 2. The number of benzene rings is 2. The number of hydrogen-bond acceptors (Lipinski definition) is 1. The highest BCUT2D eigenvalue weighted by Gasteiger charge is 2.17. The Labute approximate surface area is 125 Å². The molecular weight excluding hydrogens is 263 g/mol. The molecule has 0 bridgehead atoms. The van der Waals surface area contributed by atoms with Crippen molar-refractivity contribution in [2.24, 2.45) is 0 Å². The molecule has 3 rings (SSSR count). The van der Waals surface area contributed by atoms with Crippen molar-refractivity contribution in [2.45, 2.75) is 39.0 Å². The monoisotopic (exact) mass is 284 g/mol. The molecule has 1 aliphatic carbocycles. The van der Waals surface area contributed by atoms with E-state index in [1.54, 1.807) is 12.1 Å². The third-order valence-corrected chi connectivity index (χ3v) is 4.11. The predicted octanol–water partition coefficient (Wildman–Crippen LogP) is 5.16. The van der Waals surface area contributed by atoms with Gasteiger partial charge in [0.2, 0.25) is 0 Å². The van der Waals surface area contributed by atoms with Gasteiger partial charge < -0.3 is 4.74 Å². The van der Waals surface area contributed by atoms with Crippen LogP contribution >= 0.6 is 0 Å². The van der Waals surface area contributed by atoms with E-state index in [1.807, 2.05) is 12.1 Å². The number of ether oxygens (including phenoxy) is 1. The lowest BCUT2D eigenvalue weighted by atomic mass is 9.85. The van der Waals surface area contributed by atoms with Gasteiger partial charge in [0.1, 0.15) is 11.6 Å². The van der Waals surface area contributed by atoms with Crippen LogP contribution in [0.2, 0.25) is 0 Å². The first kappa shape index (κ1) is 14.1. The van der Waals surface area contributed by atoms with E-state index >= 15 is 0 Å². The van der Waals surface area contributed by atoms with Gasteiger partial charge >= 0.3 is 0 Å². The van der Waals surface area contributed by atoms with E-state index in [1.165, 1.54) is 24.0 Å². The van der Waals surface area contributed by atoms with E-state index in [2.05, 4.69) is 19.1 Å². The van der Waals surface area contributed by atoms with E-state index in [-0.39, 0.29) is 5.82 Å². The molecule has 0 fully saturated rings. The summed E-state index contributed by atoms with van der Waals surface area (Å²) in [7, 11) is 0. The summed E-state index contributed by atoms with van der Waals surface area (Å²) in [5.74, 6) is 0.809. The van der Waals surface area contributed by atoms with E-state index in [4.69, 9.17) is 4.74 Å². The van der Waals surface area contributed by atoms with Gasteiger partial charge in [-0.25, -0.2) is 4.39 Å². The lowest BCUT2D eigenvalue weighted by Crippen LogP contribution is -2.05. The van der Waals surface area contributed by atoms with E-state index in [0.717, 1.165) is 42.7 Å². The second kappa shape index (κ2) is 6.30. The maximum Gasteiger partial charge on any atom is 0.123 e. The Morgan fingerprint density at radius 2 is 1.67 bits per heavy atom. The van der Waals surface area contributed by atoms with Crippen LogP contribution < -0.4 is 4.74 Å². The molecule has 0 heterocycles. The van der Waals surface area contributed by atoms with Crippen molar-refractivity contribution in [1.29, 1.82) is 0 Å². The largest absolute Gasteiger partial charge is 0.494 e. The van der Waals surface area contributed by atoms with Crippen molar-refractivity contribution in [1.82, 2.24) is 0 Å². The molecule has 2 aromatic rings. The maximum atomic E-state index is 13.3. The highest BCUT2D eigenvalue weighted by molar-refractivity contribution is 5.73. The Kier molecular flexibility index (Phi) is 4.23. The van der Waals surface area contributed by atoms with Gasteiger partial charge in [-0.1, -0.05) is 31.9 Å². The highest BCUT2D eigenvalue weighted by atomic mass is 19.1. The van der Waals surface area contributed by atoms with E-state index in [0.29, 0.717) is 0 Å². The summed E-state index contributed by atoms with van der Waals surface area (Å²) >= 11 is 0. The Hall–Kier alpha value is -1.83. The molecule has 0 saturated heterocycles. The van der Waals surface area contributed by atoms with Crippen LogP contribution in [0.5, 0.6) is 5.75 Å². The smallest absolute Gasteiger partial charge is 0.123 e. The maximum absolute atomic E-state index is 13.3. The fourth-order valence-electron chi connectivity index (χ4n) is 2.97. The predicted molar refractivity (Wildman–Crippen MR) is 84.3 cm³/mol. The average Bonchev–Trinajstić information content (AvgIpc) is 2.51. The van der Waals surface area contributed by atoms with Crippen LogP contribution in [0.1, 0.15) is 37.3 Å². The molecule has 0 unspecified atom stereocenters. The first-order valence-corrected chi connectivity index (χ1v) is 7.82. The van der Waals surface area contributed by atoms with Crippen molar-refractivity contribution in [2.75, 3.05) is 6.61 Å². The molecule has 1 nitrogen and oxygen atoms in total. The molecule has 0 aromatic heterocycles. The number of hydrogen-bond donors (Lipinski definition) is 0. The fraction of sp³-hybridized carbons (Fsp3) is 0.368. The summed E-state index contributed by atoms with van der Waals surface area (Å²) in [4.78, 5) is 0. The zero-order valence-electron chi connectivity index (χ0n) is 12.5. The summed E-state index contributed by atoms with van der Waals surface area (Å²) in [5, 5.41) is 0. The third kappa shape index (κ3) is 3.10. The van der Waals surface area contributed by atoms with Crippen LogP contribution in [0.4, 0.5) is 4.39 Å². The molecule has 1 aliphatic rings. The van der Waals surface area contributed by atoms with Gasteiger partial charge in [-0.15, -0.1) is 0 Å². The molecule has 2 heteroatoms. The molecule has 0 aliphatic heterocycles. The van der Waals surface area contributed by atoms with Crippen LogP contribution in [0.3, 0.4) is 0 Å². The second-order valence-electron chi connectivity index (χ2n) is 5.68. The minimum Gasteiger partial charge on any atom is -0.494 e. The van der Waals surface area contributed by atoms with Crippen LogP contribution in [-0.4, -0.2) is 6.61 Å². The second-order valence-corrected chi connectivity index (χ2v) is 5.68. The van der Waals surface area contributed by atoms with Crippen molar-refractivity contribution < 1.29 is 9.13 Å². The molecule has 2 aromatic carbocycles. The molecule has 0 N–H and O–H groups in total. The SMILES string of the molecule is CCCCCOc1ccc2c(c1)CCc1cc(F)ccc1-2. The number of aryl methyl sites for hydroxylation is 2. The Morgan fingerprint density at radius 1 is 0.952 bits per heavy atom. The Balaban J connectivity index is 1.80. The summed E-state index contributed by atoms with van der Waals surface area (Å²) < 4.78 is 19.1. The van der Waals surface area contributed by atoms with Gasteiger partial charge in [0, 0.05) is 0 Å². The van der Waals surface area contributed by atoms with Crippen molar-refractivity contribution in [3.05, 3.63) is 53.3 Å². The number of rotatable bonds is 5. The topological polar surface area (TPSA) is 9.23 Å². The fourth-order valence-corrected chi connectivity index (χ4v) is 2.97. The first-order chi connectivity index (χ1) is 10.3. The van der Waals surface area contributed by atoms with E-state index in [9.17, 15) is 4.39 Å². The lowest BCUT2D eigenvalue weighted by molar-refractivity contribution is 0.306. The van der Waals surface area contributed by atoms with Gasteiger partial charge in [0.05, 0.1) is 6.61 Å². The molecule has 0 amide bonds. The van der Waals surface area contributed by atoms with Gasteiger partial charge in [0.25, 0.3) is 0 Å². The minimum atomic E-state index is -0.145. The van der Waals surface area contributed by atoms with E-state index < -0.39 is 0 Å². The Morgan fingerprint density at radius 3 is 2.43 bits per heavy atom. The van der Waals surface area contributed by atoms with Gasteiger partial charge in [-0.3, -0.25) is 0 Å². The molecule has 0 saturated carbocycles.